The predicted octanol–water partition coefficient (Wildman–Crippen LogP) is 1.97. The number of carbonyl (C=O) groups is 2. The zero-order valence-electron chi connectivity index (χ0n) is 12.5. The first-order chi connectivity index (χ1) is 10.0. The van der Waals surface area contributed by atoms with Crippen molar-refractivity contribution in [1.29, 1.82) is 0 Å². The molecule has 1 aromatic carbocycles. The van der Waals surface area contributed by atoms with E-state index in [1.807, 2.05) is 18.2 Å². The van der Waals surface area contributed by atoms with Crippen LogP contribution in [0.2, 0.25) is 0 Å². The molecule has 1 atom stereocenters. The summed E-state index contributed by atoms with van der Waals surface area (Å²) in [6, 6.07) is 5.70. The summed E-state index contributed by atoms with van der Waals surface area (Å²) in [7, 11) is 1.36. The Bertz CT molecular complexity index is 541. The summed E-state index contributed by atoms with van der Waals surface area (Å²) in [6.07, 6.45) is 1.65. The predicted molar refractivity (Wildman–Crippen MR) is 79.0 cm³/mol. The highest BCUT2D eigenvalue weighted by Gasteiger charge is 2.23. The molecule has 0 saturated carbocycles. The Morgan fingerprint density at radius 3 is 2.86 bits per heavy atom. The maximum absolute atomic E-state index is 11.5. The normalized spacial score (nSPS) is 14.7. The molecule has 21 heavy (non-hydrogen) atoms. The summed E-state index contributed by atoms with van der Waals surface area (Å²) in [4.78, 5) is 24.3. The van der Waals surface area contributed by atoms with E-state index in [0.717, 1.165) is 23.2 Å². The molecule has 0 bridgehead atoms. The van der Waals surface area contributed by atoms with E-state index in [-0.39, 0.29) is 11.9 Å². The van der Waals surface area contributed by atoms with Crippen LogP contribution < -0.4 is 4.90 Å². The number of hydrogen-bond acceptors (Lipinski definition) is 4. The van der Waals surface area contributed by atoms with Crippen molar-refractivity contribution in [3.63, 3.8) is 0 Å². The number of methoxy groups -OCH3 is 1. The number of aliphatic hydroxyl groups is 1. The first-order valence-corrected chi connectivity index (χ1v) is 7.18. The zero-order chi connectivity index (χ0) is 15.4. The Kier molecular flexibility index (Phi) is 4.96. The minimum atomic E-state index is -0.591. The van der Waals surface area contributed by atoms with Gasteiger partial charge >= 0.3 is 5.97 Å². The molecule has 1 N–H and O–H groups in total. The van der Waals surface area contributed by atoms with Crippen molar-refractivity contribution in [1.82, 2.24) is 0 Å². The number of benzene rings is 1. The first kappa shape index (κ1) is 15.5. The average molecular weight is 291 g/mol. The number of anilines is 1. The summed E-state index contributed by atoms with van der Waals surface area (Å²) in [6.45, 7) is 2.26. The van der Waals surface area contributed by atoms with E-state index < -0.39 is 6.10 Å². The van der Waals surface area contributed by atoms with Gasteiger partial charge in [0.05, 0.1) is 13.2 Å². The fourth-order valence-electron chi connectivity index (χ4n) is 2.66. The van der Waals surface area contributed by atoms with E-state index in [2.05, 4.69) is 4.74 Å². The molecule has 1 heterocycles. The van der Waals surface area contributed by atoms with Crippen molar-refractivity contribution in [2.24, 2.45) is 0 Å². The van der Waals surface area contributed by atoms with Gasteiger partial charge in [-0.05, 0) is 36.5 Å². The van der Waals surface area contributed by atoms with Gasteiger partial charge in [-0.25, -0.2) is 0 Å². The number of ether oxygens (including phenoxy) is 1. The number of nitrogens with zero attached hydrogens (tertiary/aromatic N) is 1. The molecule has 0 spiro atoms. The van der Waals surface area contributed by atoms with Gasteiger partial charge < -0.3 is 14.7 Å². The topological polar surface area (TPSA) is 66.8 Å². The van der Waals surface area contributed by atoms with E-state index >= 15 is 0 Å². The standard InChI is InChI=1S/C16H21NO4/c1-11(18)17-9-8-12-10-13(6-7-14(12)17)15(19)4-3-5-16(20)21-2/h6-7,10,15,19H,3-5,8-9H2,1-2H3. The second kappa shape index (κ2) is 6.72. The fraction of sp³-hybridized carbons (Fsp3) is 0.500. The molecular weight excluding hydrogens is 270 g/mol. The molecule has 0 saturated heterocycles. The van der Waals surface area contributed by atoms with Crippen LogP contribution >= 0.6 is 0 Å². The lowest BCUT2D eigenvalue weighted by atomic mass is 10.0. The molecule has 0 aromatic heterocycles. The third-order valence-corrected chi connectivity index (χ3v) is 3.85. The van der Waals surface area contributed by atoms with Crippen LogP contribution in [0.25, 0.3) is 0 Å². The maximum atomic E-state index is 11.5. The molecule has 0 aliphatic carbocycles. The molecule has 2 rings (SSSR count). The number of amides is 1. The number of carbonyl (C=O) groups excluding carboxylic acids is 2. The van der Waals surface area contributed by atoms with E-state index in [0.29, 0.717) is 25.8 Å². The molecule has 1 aliphatic heterocycles. The van der Waals surface area contributed by atoms with Crippen LogP contribution in [0.15, 0.2) is 18.2 Å². The van der Waals surface area contributed by atoms with Crippen LogP contribution in [0.1, 0.15) is 43.4 Å². The van der Waals surface area contributed by atoms with E-state index in [1.54, 1.807) is 11.8 Å². The van der Waals surface area contributed by atoms with Gasteiger partial charge in [0.15, 0.2) is 0 Å². The molecule has 0 radical (unpaired) electrons. The van der Waals surface area contributed by atoms with E-state index in [9.17, 15) is 14.7 Å². The fourth-order valence-corrected chi connectivity index (χ4v) is 2.66. The number of rotatable bonds is 5. The minimum Gasteiger partial charge on any atom is -0.469 e. The first-order valence-electron chi connectivity index (χ1n) is 7.18. The monoisotopic (exact) mass is 291 g/mol. The Morgan fingerprint density at radius 1 is 1.43 bits per heavy atom. The van der Waals surface area contributed by atoms with Crippen LogP contribution in [0.5, 0.6) is 0 Å². The van der Waals surface area contributed by atoms with Crippen molar-refractivity contribution in [2.45, 2.75) is 38.7 Å². The molecule has 1 aliphatic rings. The van der Waals surface area contributed by atoms with Crippen molar-refractivity contribution >= 4 is 17.6 Å². The Morgan fingerprint density at radius 2 is 2.19 bits per heavy atom. The third kappa shape index (κ3) is 3.61. The van der Waals surface area contributed by atoms with Crippen molar-refractivity contribution in [3.05, 3.63) is 29.3 Å². The highest BCUT2D eigenvalue weighted by molar-refractivity contribution is 5.93. The minimum absolute atomic E-state index is 0.0418. The third-order valence-electron chi connectivity index (χ3n) is 3.85. The number of hydrogen-bond donors (Lipinski definition) is 1. The van der Waals surface area contributed by atoms with Gasteiger partial charge in [0.1, 0.15) is 0 Å². The summed E-state index contributed by atoms with van der Waals surface area (Å²) in [5, 5.41) is 10.2. The maximum Gasteiger partial charge on any atom is 0.305 e. The highest BCUT2D eigenvalue weighted by Crippen LogP contribution is 2.31. The van der Waals surface area contributed by atoms with Crippen LogP contribution in [0.3, 0.4) is 0 Å². The smallest absolute Gasteiger partial charge is 0.305 e. The summed E-state index contributed by atoms with van der Waals surface area (Å²) in [5.41, 5.74) is 2.87. The van der Waals surface area contributed by atoms with Crippen molar-refractivity contribution in [3.8, 4) is 0 Å². The Labute approximate surface area is 124 Å². The van der Waals surface area contributed by atoms with Crippen LogP contribution in [-0.4, -0.2) is 30.6 Å². The summed E-state index contributed by atoms with van der Waals surface area (Å²) in [5.74, 6) is -0.214. The number of fused-ring (bicyclic) bond motifs is 1. The molecule has 0 fully saturated rings. The highest BCUT2D eigenvalue weighted by atomic mass is 16.5. The van der Waals surface area contributed by atoms with Gasteiger partial charge in [-0.2, -0.15) is 0 Å². The second-order valence-corrected chi connectivity index (χ2v) is 5.29. The van der Waals surface area contributed by atoms with E-state index in [4.69, 9.17) is 0 Å². The summed E-state index contributed by atoms with van der Waals surface area (Å²) >= 11 is 0. The second-order valence-electron chi connectivity index (χ2n) is 5.29. The van der Waals surface area contributed by atoms with Crippen molar-refractivity contribution in [2.75, 3.05) is 18.6 Å². The lowest BCUT2D eigenvalue weighted by molar-refractivity contribution is -0.140. The zero-order valence-corrected chi connectivity index (χ0v) is 12.5. The van der Waals surface area contributed by atoms with Crippen molar-refractivity contribution < 1.29 is 19.4 Å². The largest absolute Gasteiger partial charge is 0.469 e. The van der Waals surface area contributed by atoms with Crippen LogP contribution in [-0.2, 0) is 20.7 Å². The SMILES string of the molecule is COC(=O)CCCC(O)c1ccc2c(c1)CCN2C(C)=O. The lowest BCUT2D eigenvalue weighted by Gasteiger charge is -2.16. The van der Waals surface area contributed by atoms with E-state index in [1.165, 1.54) is 7.11 Å². The molecular formula is C16H21NO4. The van der Waals surface area contributed by atoms with Gasteiger partial charge in [-0.3, -0.25) is 9.59 Å². The number of esters is 1. The Hall–Kier alpha value is -1.88. The van der Waals surface area contributed by atoms with Crippen LogP contribution in [0, 0.1) is 0 Å². The molecule has 5 nitrogen and oxygen atoms in total. The molecule has 5 heteroatoms. The lowest BCUT2D eigenvalue weighted by Crippen LogP contribution is -2.25. The van der Waals surface area contributed by atoms with Gasteiger partial charge in [-0.15, -0.1) is 0 Å². The molecule has 114 valence electrons. The summed E-state index contributed by atoms with van der Waals surface area (Å²) < 4.78 is 4.57. The quantitative estimate of drug-likeness (QED) is 0.842. The van der Waals surface area contributed by atoms with Gasteiger partial charge in [-0.1, -0.05) is 12.1 Å². The average Bonchev–Trinajstić information content (AvgIpc) is 2.89. The molecule has 1 amide bonds. The van der Waals surface area contributed by atoms with Gasteiger partial charge in [0.25, 0.3) is 0 Å². The molecule has 1 aromatic rings. The number of aliphatic hydroxyl groups excluding tert-OH is 1. The Balaban J connectivity index is 1.99. The van der Waals surface area contributed by atoms with Gasteiger partial charge in [0, 0.05) is 25.6 Å². The molecule has 1 unspecified atom stereocenters. The van der Waals surface area contributed by atoms with Crippen LogP contribution in [0.4, 0.5) is 5.69 Å². The van der Waals surface area contributed by atoms with Gasteiger partial charge in [0.2, 0.25) is 5.91 Å².